The van der Waals surface area contributed by atoms with Gasteiger partial charge in [0, 0.05) is 23.9 Å². The lowest BCUT2D eigenvalue weighted by Crippen LogP contribution is -2.06. The molecular formula is C13H16N4. The van der Waals surface area contributed by atoms with Gasteiger partial charge in [-0.05, 0) is 18.6 Å². The molecule has 88 valence electrons. The van der Waals surface area contributed by atoms with Crippen LogP contribution in [0.15, 0.2) is 30.7 Å². The molecule has 2 aromatic heterocycles. The highest BCUT2D eigenvalue weighted by Gasteiger charge is 2.09. The average molecular weight is 228 g/mol. The Hall–Kier alpha value is -1.97. The normalized spacial score (nSPS) is 10.4. The summed E-state index contributed by atoms with van der Waals surface area (Å²) in [7, 11) is 0. The van der Waals surface area contributed by atoms with Crippen molar-refractivity contribution in [1.29, 1.82) is 0 Å². The molecule has 2 heterocycles. The number of nitrogen functional groups attached to an aromatic ring is 1. The van der Waals surface area contributed by atoms with Crippen LogP contribution in [0, 0.1) is 0 Å². The van der Waals surface area contributed by atoms with Gasteiger partial charge in [0.1, 0.15) is 12.1 Å². The summed E-state index contributed by atoms with van der Waals surface area (Å²) in [5, 5.41) is 0. The number of pyridine rings is 1. The van der Waals surface area contributed by atoms with Crippen LogP contribution >= 0.6 is 0 Å². The summed E-state index contributed by atoms with van der Waals surface area (Å²) in [5.41, 5.74) is 8.93. The molecule has 0 saturated heterocycles. The molecule has 0 aliphatic carbocycles. The molecule has 0 saturated carbocycles. The van der Waals surface area contributed by atoms with Crippen LogP contribution < -0.4 is 5.73 Å². The Morgan fingerprint density at radius 1 is 1.18 bits per heavy atom. The van der Waals surface area contributed by atoms with Gasteiger partial charge in [-0.2, -0.15) is 0 Å². The first-order valence-corrected chi connectivity index (χ1v) is 5.79. The summed E-state index contributed by atoms with van der Waals surface area (Å²) in [6, 6.07) is 5.88. The van der Waals surface area contributed by atoms with E-state index in [0.29, 0.717) is 12.2 Å². The standard InChI is InChI=1S/C13H16N4/c1-2-5-11-12(16-9-17-13(11)14)8-10-6-3-4-7-15-10/h3-4,6-7,9H,2,5,8H2,1H3,(H2,14,16,17). The Kier molecular flexibility index (Phi) is 3.65. The number of rotatable bonds is 4. The number of nitrogens with two attached hydrogens (primary N) is 1. The molecule has 0 bridgehead atoms. The maximum atomic E-state index is 5.89. The molecule has 2 N–H and O–H groups in total. The molecule has 0 aliphatic rings. The Bertz CT molecular complexity index is 482. The van der Waals surface area contributed by atoms with Gasteiger partial charge in [0.15, 0.2) is 0 Å². The van der Waals surface area contributed by atoms with Crippen LogP contribution in [0.2, 0.25) is 0 Å². The number of hydrogen-bond donors (Lipinski definition) is 1. The Balaban J connectivity index is 2.29. The lowest BCUT2D eigenvalue weighted by molar-refractivity contribution is 0.865. The van der Waals surface area contributed by atoms with E-state index < -0.39 is 0 Å². The fourth-order valence-electron chi connectivity index (χ4n) is 1.81. The minimum atomic E-state index is 0.591. The predicted molar refractivity (Wildman–Crippen MR) is 67.5 cm³/mol. The van der Waals surface area contributed by atoms with E-state index in [0.717, 1.165) is 29.8 Å². The molecule has 0 unspecified atom stereocenters. The van der Waals surface area contributed by atoms with E-state index >= 15 is 0 Å². The zero-order chi connectivity index (χ0) is 12.1. The highest BCUT2D eigenvalue weighted by Crippen LogP contribution is 2.16. The van der Waals surface area contributed by atoms with E-state index in [4.69, 9.17) is 5.73 Å². The third-order valence-electron chi connectivity index (χ3n) is 2.64. The molecule has 0 atom stereocenters. The van der Waals surface area contributed by atoms with E-state index in [9.17, 15) is 0 Å². The maximum absolute atomic E-state index is 5.89. The molecule has 2 rings (SSSR count). The van der Waals surface area contributed by atoms with E-state index in [1.807, 2.05) is 18.2 Å². The fourth-order valence-corrected chi connectivity index (χ4v) is 1.81. The summed E-state index contributed by atoms with van der Waals surface area (Å²) >= 11 is 0. The van der Waals surface area contributed by atoms with Gasteiger partial charge in [-0.3, -0.25) is 4.98 Å². The monoisotopic (exact) mass is 228 g/mol. The quantitative estimate of drug-likeness (QED) is 0.869. The summed E-state index contributed by atoms with van der Waals surface area (Å²) in [4.78, 5) is 12.7. The van der Waals surface area contributed by atoms with Gasteiger partial charge in [-0.15, -0.1) is 0 Å². The largest absolute Gasteiger partial charge is 0.383 e. The van der Waals surface area contributed by atoms with E-state index in [1.165, 1.54) is 6.33 Å². The molecule has 4 nitrogen and oxygen atoms in total. The van der Waals surface area contributed by atoms with E-state index in [2.05, 4.69) is 21.9 Å². The van der Waals surface area contributed by atoms with Crippen molar-refractivity contribution in [2.24, 2.45) is 0 Å². The van der Waals surface area contributed by atoms with Gasteiger partial charge in [0.05, 0.1) is 5.69 Å². The summed E-state index contributed by atoms with van der Waals surface area (Å²) in [6.07, 6.45) is 5.97. The lowest BCUT2D eigenvalue weighted by atomic mass is 10.1. The Morgan fingerprint density at radius 3 is 2.76 bits per heavy atom. The van der Waals surface area contributed by atoms with Crippen LogP contribution in [-0.4, -0.2) is 15.0 Å². The van der Waals surface area contributed by atoms with Crippen LogP contribution in [0.4, 0.5) is 5.82 Å². The number of anilines is 1. The molecule has 0 fully saturated rings. The van der Waals surface area contributed by atoms with Crippen molar-refractivity contribution in [2.45, 2.75) is 26.2 Å². The molecule has 0 radical (unpaired) electrons. The van der Waals surface area contributed by atoms with Gasteiger partial charge in [-0.1, -0.05) is 19.4 Å². The Labute approximate surface area is 101 Å². The second-order valence-corrected chi connectivity index (χ2v) is 3.93. The third kappa shape index (κ3) is 2.78. The second kappa shape index (κ2) is 5.39. The van der Waals surface area contributed by atoms with Crippen molar-refractivity contribution >= 4 is 5.82 Å². The first kappa shape index (κ1) is 11.5. The minimum absolute atomic E-state index is 0.591. The van der Waals surface area contributed by atoms with Crippen LogP contribution in [0.3, 0.4) is 0 Å². The molecule has 0 aliphatic heterocycles. The zero-order valence-electron chi connectivity index (χ0n) is 9.93. The second-order valence-electron chi connectivity index (χ2n) is 3.93. The van der Waals surface area contributed by atoms with Crippen molar-refractivity contribution in [3.63, 3.8) is 0 Å². The van der Waals surface area contributed by atoms with Crippen molar-refractivity contribution < 1.29 is 0 Å². The number of aromatic nitrogens is 3. The van der Waals surface area contributed by atoms with Crippen molar-refractivity contribution in [3.05, 3.63) is 47.7 Å². The smallest absolute Gasteiger partial charge is 0.130 e. The minimum Gasteiger partial charge on any atom is -0.383 e. The highest BCUT2D eigenvalue weighted by molar-refractivity contribution is 5.42. The SMILES string of the molecule is CCCc1c(N)ncnc1Cc1ccccn1. The lowest BCUT2D eigenvalue weighted by Gasteiger charge is -2.09. The first-order valence-electron chi connectivity index (χ1n) is 5.79. The zero-order valence-corrected chi connectivity index (χ0v) is 9.93. The van der Waals surface area contributed by atoms with Gasteiger partial charge >= 0.3 is 0 Å². The van der Waals surface area contributed by atoms with Gasteiger partial charge in [-0.25, -0.2) is 9.97 Å². The summed E-state index contributed by atoms with van der Waals surface area (Å²) in [5.74, 6) is 0.591. The highest BCUT2D eigenvalue weighted by atomic mass is 14.9. The predicted octanol–water partition coefficient (Wildman–Crippen LogP) is 2.00. The summed E-state index contributed by atoms with van der Waals surface area (Å²) < 4.78 is 0. The number of nitrogens with zero attached hydrogens (tertiary/aromatic N) is 3. The van der Waals surface area contributed by atoms with Crippen LogP contribution in [0.25, 0.3) is 0 Å². The van der Waals surface area contributed by atoms with Crippen molar-refractivity contribution in [1.82, 2.24) is 15.0 Å². The molecule has 4 heteroatoms. The average Bonchev–Trinajstić information content (AvgIpc) is 2.35. The van der Waals surface area contributed by atoms with Gasteiger partial charge in [0.25, 0.3) is 0 Å². The maximum Gasteiger partial charge on any atom is 0.130 e. The van der Waals surface area contributed by atoms with Gasteiger partial charge < -0.3 is 5.73 Å². The van der Waals surface area contributed by atoms with E-state index in [-0.39, 0.29) is 0 Å². The molecule has 0 aromatic carbocycles. The molecule has 2 aromatic rings. The number of hydrogen-bond acceptors (Lipinski definition) is 4. The van der Waals surface area contributed by atoms with Crippen LogP contribution in [0.1, 0.15) is 30.3 Å². The van der Waals surface area contributed by atoms with Gasteiger partial charge in [0.2, 0.25) is 0 Å². The topological polar surface area (TPSA) is 64.7 Å². The van der Waals surface area contributed by atoms with E-state index in [1.54, 1.807) is 6.20 Å². The molecule has 0 amide bonds. The third-order valence-corrected chi connectivity index (χ3v) is 2.64. The molecule has 17 heavy (non-hydrogen) atoms. The first-order chi connectivity index (χ1) is 8.31. The van der Waals surface area contributed by atoms with Crippen molar-refractivity contribution in [3.8, 4) is 0 Å². The van der Waals surface area contributed by atoms with Crippen molar-refractivity contribution in [2.75, 3.05) is 5.73 Å². The Morgan fingerprint density at radius 2 is 2.06 bits per heavy atom. The fraction of sp³-hybridized carbons (Fsp3) is 0.308. The van der Waals surface area contributed by atoms with Crippen LogP contribution in [-0.2, 0) is 12.8 Å². The van der Waals surface area contributed by atoms with Crippen LogP contribution in [0.5, 0.6) is 0 Å². The molecular weight excluding hydrogens is 212 g/mol. The summed E-state index contributed by atoms with van der Waals surface area (Å²) in [6.45, 7) is 2.12. The molecule has 0 spiro atoms.